The Morgan fingerprint density at radius 1 is 1.50 bits per heavy atom. The smallest absolute Gasteiger partial charge is 0.241 e. The molecule has 0 aliphatic heterocycles. The molecule has 0 aromatic carbocycles. The molecule has 1 aliphatic carbocycles. The molecule has 0 aromatic rings. The zero-order valence-corrected chi connectivity index (χ0v) is 9.04. The Morgan fingerprint density at radius 3 is 2.64 bits per heavy atom. The molecular weight excluding hydrogens is 198 g/mol. The molecule has 1 rings (SSSR count). The number of carbonyl (C=O) groups excluding carboxylic acids is 1. The summed E-state index contributed by atoms with van der Waals surface area (Å²) in [4.78, 5) is 11.2. The Labute approximate surface area is 89.1 Å². The summed E-state index contributed by atoms with van der Waals surface area (Å²) >= 11 is 4.92. The van der Waals surface area contributed by atoms with Crippen molar-refractivity contribution in [3.8, 4) is 0 Å². The van der Waals surface area contributed by atoms with Crippen molar-refractivity contribution in [3.63, 3.8) is 0 Å². The summed E-state index contributed by atoms with van der Waals surface area (Å²) in [5.74, 6) is 0.205. The molecule has 0 radical (unpaired) electrons. The third kappa shape index (κ3) is 4.23. The Bertz CT molecular complexity index is 261. The van der Waals surface area contributed by atoms with E-state index < -0.39 is 0 Å². The van der Waals surface area contributed by atoms with E-state index in [1.807, 2.05) is 6.92 Å². The van der Waals surface area contributed by atoms with Gasteiger partial charge < -0.3 is 5.32 Å². The van der Waals surface area contributed by atoms with E-state index in [0.717, 1.165) is 18.4 Å². The fourth-order valence-corrected chi connectivity index (χ4v) is 0.965. The van der Waals surface area contributed by atoms with Crippen LogP contribution in [-0.2, 0) is 4.79 Å². The van der Waals surface area contributed by atoms with Gasteiger partial charge in [-0.15, -0.1) is 0 Å². The number of nitrogens with one attached hydrogen (secondary N) is 3. The summed E-state index contributed by atoms with van der Waals surface area (Å²) < 4.78 is 0. The van der Waals surface area contributed by atoms with Crippen molar-refractivity contribution < 1.29 is 4.79 Å². The first-order chi connectivity index (χ1) is 6.59. The van der Waals surface area contributed by atoms with Crippen molar-refractivity contribution in [2.24, 2.45) is 5.92 Å². The van der Waals surface area contributed by atoms with Crippen molar-refractivity contribution in [1.29, 1.82) is 0 Å². The second-order valence-corrected chi connectivity index (χ2v) is 3.94. The van der Waals surface area contributed by atoms with Crippen LogP contribution in [0.25, 0.3) is 0 Å². The summed E-state index contributed by atoms with van der Waals surface area (Å²) in [5, 5.41) is 3.32. The maximum Gasteiger partial charge on any atom is 0.241 e. The third-order valence-electron chi connectivity index (χ3n) is 1.80. The molecule has 0 unspecified atom stereocenters. The van der Waals surface area contributed by atoms with Crippen LogP contribution in [0.4, 0.5) is 0 Å². The fourth-order valence-electron chi connectivity index (χ4n) is 0.841. The number of hydrogen-bond acceptors (Lipinski definition) is 2. The molecule has 1 saturated carbocycles. The van der Waals surface area contributed by atoms with Crippen molar-refractivity contribution in [1.82, 2.24) is 16.2 Å². The van der Waals surface area contributed by atoms with Crippen LogP contribution in [0.1, 0.15) is 19.8 Å². The topological polar surface area (TPSA) is 53.2 Å². The number of carbonyl (C=O) groups is 1. The second-order valence-electron chi connectivity index (χ2n) is 3.53. The molecular formula is C9H15N3OS. The van der Waals surface area contributed by atoms with Crippen molar-refractivity contribution in [2.45, 2.75) is 19.8 Å². The molecule has 14 heavy (non-hydrogen) atoms. The molecule has 0 spiro atoms. The number of hydrogen-bond donors (Lipinski definition) is 3. The maximum atomic E-state index is 11.2. The summed E-state index contributed by atoms with van der Waals surface area (Å²) in [6.07, 6.45) is 1.97. The van der Waals surface area contributed by atoms with Gasteiger partial charge in [0.15, 0.2) is 5.11 Å². The highest BCUT2D eigenvalue weighted by Crippen LogP contribution is 2.28. The van der Waals surface area contributed by atoms with Crippen molar-refractivity contribution in [2.75, 3.05) is 6.54 Å². The molecule has 3 N–H and O–H groups in total. The summed E-state index contributed by atoms with van der Waals surface area (Å²) in [6.45, 7) is 6.24. The normalized spacial score (nSPS) is 14.4. The monoisotopic (exact) mass is 213 g/mol. The Kier molecular flexibility index (Phi) is 3.88. The van der Waals surface area contributed by atoms with E-state index in [1.165, 1.54) is 0 Å². The first kappa shape index (κ1) is 11.0. The van der Waals surface area contributed by atoms with Crippen LogP contribution in [0.15, 0.2) is 12.2 Å². The predicted octanol–water partition coefficient (Wildman–Crippen LogP) is 0.468. The molecule has 1 fully saturated rings. The van der Waals surface area contributed by atoms with E-state index in [9.17, 15) is 4.79 Å². The molecule has 0 saturated heterocycles. The zero-order chi connectivity index (χ0) is 10.6. The maximum absolute atomic E-state index is 11.2. The Balaban J connectivity index is 2.07. The highest BCUT2D eigenvalue weighted by Gasteiger charge is 2.29. The molecule has 1 amide bonds. The van der Waals surface area contributed by atoms with E-state index in [1.54, 1.807) is 0 Å². The molecule has 0 aromatic heterocycles. The summed E-state index contributed by atoms with van der Waals surface area (Å²) in [6, 6.07) is 0. The largest absolute Gasteiger partial charge is 0.358 e. The third-order valence-corrected chi connectivity index (χ3v) is 2.04. The second kappa shape index (κ2) is 4.95. The van der Waals surface area contributed by atoms with Gasteiger partial charge in [0.25, 0.3) is 0 Å². The molecule has 5 heteroatoms. The summed E-state index contributed by atoms with van der Waals surface area (Å²) in [5.41, 5.74) is 6.17. The lowest BCUT2D eigenvalue weighted by atomic mass is 10.3. The van der Waals surface area contributed by atoms with Gasteiger partial charge in [0.1, 0.15) is 0 Å². The van der Waals surface area contributed by atoms with Gasteiger partial charge in [0, 0.05) is 12.5 Å². The van der Waals surface area contributed by atoms with Gasteiger partial charge in [-0.3, -0.25) is 15.6 Å². The van der Waals surface area contributed by atoms with E-state index in [0.29, 0.717) is 11.7 Å². The lowest BCUT2D eigenvalue weighted by Gasteiger charge is -2.10. The van der Waals surface area contributed by atoms with E-state index >= 15 is 0 Å². The van der Waals surface area contributed by atoms with Crippen LogP contribution >= 0.6 is 12.2 Å². The van der Waals surface area contributed by atoms with Crippen LogP contribution in [0.5, 0.6) is 0 Å². The fraction of sp³-hybridized carbons (Fsp3) is 0.556. The van der Waals surface area contributed by atoms with Gasteiger partial charge in [0.05, 0.1) is 0 Å². The Hall–Kier alpha value is -1.10. The SMILES string of the molecule is C=C(C)CNC(=S)NNC(=O)C1CC1. The van der Waals surface area contributed by atoms with Gasteiger partial charge >= 0.3 is 0 Å². The van der Waals surface area contributed by atoms with Gasteiger partial charge in [-0.25, -0.2) is 0 Å². The highest BCUT2D eigenvalue weighted by atomic mass is 32.1. The van der Waals surface area contributed by atoms with Gasteiger partial charge in [-0.1, -0.05) is 12.2 Å². The predicted molar refractivity (Wildman–Crippen MR) is 59.4 cm³/mol. The summed E-state index contributed by atoms with van der Waals surface area (Å²) in [7, 11) is 0. The number of thiocarbonyl (C=S) groups is 1. The van der Waals surface area contributed by atoms with Crippen LogP contribution in [-0.4, -0.2) is 17.6 Å². The first-order valence-electron chi connectivity index (χ1n) is 4.57. The molecule has 78 valence electrons. The van der Waals surface area contributed by atoms with Gasteiger partial charge in [-0.2, -0.15) is 0 Å². The van der Waals surface area contributed by atoms with Crippen LogP contribution in [0.3, 0.4) is 0 Å². The standard InChI is InChI=1S/C9H15N3OS/c1-6(2)5-10-9(14)12-11-8(13)7-3-4-7/h7H,1,3-5H2,2H3,(H,11,13)(H2,10,12,14). The Morgan fingerprint density at radius 2 is 2.14 bits per heavy atom. The molecule has 0 bridgehead atoms. The lowest BCUT2D eigenvalue weighted by molar-refractivity contribution is -0.122. The van der Waals surface area contributed by atoms with E-state index in [4.69, 9.17) is 12.2 Å². The molecule has 1 aliphatic rings. The highest BCUT2D eigenvalue weighted by molar-refractivity contribution is 7.80. The first-order valence-corrected chi connectivity index (χ1v) is 4.98. The minimum atomic E-state index is 0.0180. The van der Waals surface area contributed by atoms with Gasteiger partial charge in [0.2, 0.25) is 5.91 Å². The van der Waals surface area contributed by atoms with Crippen LogP contribution < -0.4 is 16.2 Å². The average molecular weight is 213 g/mol. The van der Waals surface area contributed by atoms with Crippen LogP contribution in [0, 0.1) is 5.92 Å². The van der Waals surface area contributed by atoms with Crippen molar-refractivity contribution >= 4 is 23.2 Å². The average Bonchev–Trinajstić information content (AvgIpc) is 2.93. The quantitative estimate of drug-likeness (QED) is 0.362. The minimum Gasteiger partial charge on any atom is -0.358 e. The number of amides is 1. The van der Waals surface area contributed by atoms with Gasteiger partial charge in [-0.05, 0) is 32.0 Å². The lowest BCUT2D eigenvalue weighted by Crippen LogP contribution is -2.47. The number of hydrazine groups is 1. The van der Waals surface area contributed by atoms with Crippen molar-refractivity contribution in [3.05, 3.63) is 12.2 Å². The molecule has 0 heterocycles. The zero-order valence-electron chi connectivity index (χ0n) is 8.22. The number of rotatable bonds is 3. The minimum absolute atomic E-state index is 0.0180. The van der Waals surface area contributed by atoms with E-state index in [-0.39, 0.29) is 11.8 Å². The molecule has 4 nitrogen and oxygen atoms in total. The molecule has 0 atom stereocenters. The van der Waals surface area contributed by atoms with Crippen LogP contribution in [0.2, 0.25) is 0 Å². The van der Waals surface area contributed by atoms with E-state index in [2.05, 4.69) is 22.7 Å².